The Morgan fingerprint density at radius 1 is 0.971 bits per heavy atom. The first kappa shape index (κ1) is 22.1. The fraction of sp³-hybridized carbons (Fsp3) is 0.154. The zero-order chi connectivity index (χ0) is 24.5. The molecule has 1 N–H and O–H groups in total. The molecule has 1 amide bonds. The molecular formula is C26H24N6O3. The van der Waals surface area contributed by atoms with Crippen molar-refractivity contribution < 1.29 is 9.53 Å². The van der Waals surface area contributed by atoms with Gasteiger partial charge in [-0.05, 0) is 50.2 Å². The standard InChI is InChI=1S/C26H24N6O3/c1-17-23-22(25(30-15-9-10-16-30)32(29-23)19-11-5-4-6-12-19)26(34)31(28-17)18(2)24(33)27-20-13-7-8-14-21(20)35-3/h4-16,18H,1-3H3,(H,27,33). The number of nitrogens with one attached hydrogen (secondary N) is 1. The molecule has 0 fully saturated rings. The van der Waals surface area contributed by atoms with Crippen LogP contribution in [0.3, 0.4) is 0 Å². The van der Waals surface area contributed by atoms with Gasteiger partial charge in [0.15, 0.2) is 5.82 Å². The second-order valence-corrected chi connectivity index (χ2v) is 8.09. The van der Waals surface area contributed by atoms with E-state index in [4.69, 9.17) is 9.84 Å². The molecule has 0 aliphatic carbocycles. The SMILES string of the molecule is COc1ccccc1NC(=O)C(C)n1nc(C)c2nn(-c3ccccc3)c(-n3cccc3)c2c1=O. The first-order chi connectivity index (χ1) is 17.0. The maximum atomic E-state index is 13.8. The lowest BCUT2D eigenvalue weighted by Crippen LogP contribution is -2.34. The summed E-state index contributed by atoms with van der Waals surface area (Å²) in [6.45, 7) is 3.42. The molecule has 1 unspecified atom stereocenters. The van der Waals surface area contributed by atoms with Crippen molar-refractivity contribution in [1.82, 2.24) is 24.1 Å². The number of methoxy groups -OCH3 is 1. The van der Waals surface area contributed by atoms with Gasteiger partial charge in [0.05, 0.1) is 24.2 Å². The summed E-state index contributed by atoms with van der Waals surface area (Å²) in [6.07, 6.45) is 3.71. The van der Waals surface area contributed by atoms with Crippen molar-refractivity contribution in [2.24, 2.45) is 0 Å². The Bertz CT molecular complexity index is 1570. The van der Waals surface area contributed by atoms with Crippen LogP contribution in [0.15, 0.2) is 83.9 Å². The van der Waals surface area contributed by atoms with Crippen LogP contribution in [0.4, 0.5) is 5.69 Å². The number of carbonyl (C=O) groups is 1. The van der Waals surface area contributed by atoms with E-state index < -0.39 is 11.6 Å². The van der Waals surface area contributed by atoms with Crippen LogP contribution in [0.25, 0.3) is 22.4 Å². The average molecular weight is 469 g/mol. The normalized spacial score (nSPS) is 12.0. The quantitative estimate of drug-likeness (QED) is 0.408. The van der Waals surface area contributed by atoms with E-state index >= 15 is 0 Å². The zero-order valence-electron chi connectivity index (χ0n) is 19.5. The molecule has 0 bridgehead atoms. The number of hydrogen-bond donors (Lipinski definition) is 1. The number of nitrogens with zero attached hydrogens (tertiary/aromatic N) is 5. The summed E-state index contributed by atoms with van der Waals surface area (Å²) in [4.78, 5) is 26.9. The summed E-state index contributed by atoms with van der Waals surface area (Å²) >= 11 is 0. The number of aromatic nitrogens is 5. The third-order valence-corrected chi connectivity index (χ3v) is 5.84. The molecule has 1 atom stereocenters. The Kier molecular flexibility index (Phi) is 5.66. The van der Waals surface area contributed by atoms with Gasteiger partial charge >= 0.3 is 0 Å². The molecule has 5 rings (SSSR count). The van der Waals surface area contributed by atoms with Gasteiger partial charge in [-0.15, -0.1) is 0 Å². The molecule has 0 saturated carbocycles. The molecule has 9 heteroatoms. The zero-order valence-corrected chi connectivity index (χ0v) is 19.5. The smallest absolute Gasteiger partial charge is 0.280 e. The minimum atomic E-state index is -0.881. The highest BCUT2D eigenvalue weighted by atomic mass is 16.5. The van der Waals surface area contributed by atoms with Crippen molar-refractivity contribution in [3.8, 4) is 17.3 Å². The van der Waals surface area contributed by atoms with Crippen LogP contribution in [-0.4, -0.2) is 37.1 Å². The van der Waals surface area contributed by atoms with Crippen LogP contribution in [0.1, 0.15) is 18.7 Å². The van der Waals surface area contributed by atoms with Gasteiger partial charge in [-0.25, -0.2) is 9.36 Å². The van der Waals surface area contributed by atoms with Gasteiger partial charge in [0.2, 0.25) is 5.91 Å². The van der Waals surface area contributed by atoms with E-state index in [9.17, 15) is 9.59 Å². The third-order valence-electron chi connectivity index (χ3n) is 5.84. The maximum absolute atomic E-state index is 13.8. The van der Waals surface area contributed by atoms with Gasteiger partial charge in [-0.3, -0.25) is 9.59 Å². The van der Waals surface area contributed by atoms with E-state index in [1.54, 1.807) is 36.7 Å². The number of carbonyl (C=O) groups excluding carboxylic acids is 1. The number of anilines is 1. The second-order valence-electron chi connectivity index (χ2n) is 8.09. The lowest BCUT2D eigenvalue weighted by molar-refractivity contribution is -0.119. The highest BCUT2D eigenvalue weighted by Crippen LogP contribution is 2.26. The van der Waals surface area contributed by atoms with Crippen molar-refractivity contribution in [2.75, 3.05) is 12.4 Å². The fourth-order valence-electron chi connectivity index (χ4n) is 4.05. The van der Waals surface area contributed by atoms with Gasteiger partial charge in [0, 0.05) is 12.4 Å². The van der Waals surface area contributed by atoms with Gasteiger partial charge in [-0.2, -0.15) is 10.2 Å². The van der Waals surface area contributed by atoms with E-state index in [2.05, 4.69) is 10.4 Å². The maximum Gasteiger partial charge on any atom is 0.280 e. The van der Waals surface area contributed by atoms with E-state index in [0.29, 0.717) is 33.9 Å². The predicted octanol–water partition coefficient (Wildman–Crippen LogP) is 3.89. The van der Waals surface area contributed by atoms with Gasteiger partial charge in [-0.1, -0.05) is 30.3 Å². The minimum absolute atomic E-state index is 0.384. The van der Waals surface area contributed by atoms with Gasteiger partial charge in [0.1, 0.15) is 22.7 Å². The first-order valence-electron chi connectivity index (χ1n) is 11.1. The molecule has 0 saturated heterocycles. The molecule has 5 aromatic rings. The largest absolute Gasteiger partial charge is 0.495 e. The average Bonchev–Trinajstić information content (AvgIpc) is 3.55. The van der Waals surface area contributed by atoms with Crippen LogP contribution < -0.4 is 15.6 Å². The summed E-state index contributed by atoms with van der Waals surface area (Å²) in [5, 5.41) is 12.4. The Hall–Kier alpha value is -4.66. The number of hydrogen-bond acceptors (Lipinski definition) is 5. The summed E-state index contributed by atoms with van der Waals surface area (Å²) in [5.41, 5.74) is 1.94. The van der Waals surface area contributed by atoms with Gasteiger partial charge in [0.25, 0.3) is 5.56 Å². The fourth-order valence-corrected chi connectivity index (χ4v) is 4.05. The van der Waals surface area contributed by atoms with Crippen molar-refractivity contribution in [2.45, 2.75) is 19.9 Å². The molecule has 2 aromatic carbocycles. The molecule has 9 nitrogen and oxygen atoms in total. The highest BCUT2D eigenvalue weighted by molar-refractivity contribution is 5.95. The number of fused-ring (bicyclic) bond motifs is 1. The van der Waals surface area contributed by atoms with Crippen molar-refractivity contribution in [3.63, 3.8) is 0 Å². The number of para-hydroxylation sites is 3. The lowest BCUT2D eigenvalue weighted by atomic mass is 10.2. The number of benzene rings is 2. The number of amides is 1. The Morgan fingerprint density at radius 2 is 1.66 bits per heavy atom. The van der Waals surface area contributed by atoms with Crippen LogP contribution >= 0.6 is 0 Å². The van der Waals surface area contributed by atoms with Crippen LogP contribution in [0, 0.1) is 6.92 Å². The summed E-state index contributed by atoms with van der Waals surface area (Å²) < 4.78 is 10.1. The molecule has 0 aliphatic heterocycles. The topological polar surface area (TPSA) is 96.0 Å². The van der Waals surface area contributed by atoms with E-state index in [0.717, 1.165) is 5.69 Å². The van der Waals surface area contributed by atoms with Crippen LogP contribution in [0.2, 0.25) is 0 Å². The molecule has 0 spiro atoms. The Balaban J connectivity index is 1.66. The van der Waals surface area contributed by atoms with Crippen molar-refractivity contribution >= 4 is 22.5 Å². The Morgan fingerprint density at radius 3 is 2.37 bits per heavy atom. The van der Waals surface area contributed by atoms with E-state index in [-0.39, 0.29) is 5.91 Å². The first-order valence-corrected chi connectivity index (χ1v) is 11.1. The molecule has 0 aliphatic rings. The van der Waals surface area contributed by atoms with Gasteiger partial charge < -0.3 is 14.6 Å². The van der Waals surface area contributed by atoms with E-state index in [1.165, 1.54) is 11.8 Å². The Labute approximate surface area is 201 Å². The molecule has 0 radical (unpaired) electrons. The molecular weight excluding hydrogens is 444 g/mol. The van der Waals surface area contributed by atoms with Crippen molar-refractivity contribution in [1.29, 1.82) is 0 Å². The monoisotopic (exact) mass is 468 g/mol. The van der Waals surface area contributed by atoms with E-state index in [1.807, 2.05) is 65.5 Å². The third kappa shape index (κ3) is 3.86. The minimum Gasteiger partial charge on any atom is -0.495 e. The molecule has 176 valence electrons. The number of aryl methyl sites for hydroxylation is 1. The number of ether oxygens (including phenoxy) is 1. The lowest BCUT2D eigenvalue weighted by Gasteiger charge is -2.16. The predicted molar refractivity (Wildman–Crippen MR) is 134 cm³/mol. The molecule has 3 heterocycles. The number of rotatable bonds is 6. The van der Waals surface area contributed by atoms with Crippen LogP contribution in [-0.2, 0) is 4.79 Å². The van der Waals surface area contributed by atoms with Crippen molar-refractivity contribution in [3.05, 3.63) is 95.2 Å². The molecule has 35 heavy (non-hydrogen) atoms. The summed E-state index contributed by atoms with van der Waals surface area (Å²) in [7, 11) is 1.53. The second kappa shape index (κ2) is 8.94. The van der Waals surface area contributed by atoms with Crippen LogP contribution in [0.5, 0.6) is 5.75 Å². The summed E-state index contributed by atoms with van der Waals surface area (Å²) in [5.74, 6) is 0.720. The molecule has 3 aromatic heterocycles. The summed E-state index contributed by atoms with van der Waals surface area (Å²) in [6, 6.07) is 19.6. The highest BCUT2D eigenvalue weighted by Gasteiger charge is 2.25.